The molecule has 0 spiro atoms. The van der Waals surface area contributed by atoms with E-state index in [1.807, 2.05) is 0 Å². The van der Waals surface area contributed by atoms with Crippen molar-refractivity contribution in [2.45, 2.75) is 438 Å². The van der Waals surface area contributed by atoms with Crippen LogP contribution in [0.1, 0.15) is 432 Å². The zero-order valence-corrected chi connectivity index (χ0v) is 56.5. The summed E-state index contributed by atoms with van der Waals surface area (Å²) in [6.45, 7) is 6.70. The average Bonchev–Trinajstić information content (AvgIpc) is 3.49. The molecule has 0 rings (SSSR count). The van der Waals surface area contributed by atoms with Gasteiger partial charge in [-0.05, 0) is 70.6 Å². The van der Waals surface area contributed by atoms with Crippen LogP contribution >= 0.6 is 0 Å². The first kappa shape index (κ1) is 80.9. The lowest BCUT2D eigenvalue weighted by molar-refractivity contribution is -0.167. The van der Waals surface area contributed by atoms with E-state index in [0.29, 0.717) is 19.3 Å². The fourth-order valence-electron chi connectivity index (χ4n) is 11.7. The van der Waals surface area contributed by atoms with Crippen LogP contribution in [0.25, 0.3) is 0 Å². The van der Waals surface area contributed by atoms with E-state index in [1.165, 1.54) is 327 Å². The minimum absolute atomic E-state index is 0.0679. The number of carbonyl (C=O) groups is 3. The molecule has 0 N–H and O–H groups in total. The first-order valence-corrected chi connectivity index (χ1v) is 37.8. The van der Waals surface area contributed by atoms with Crippen LogP contribution in [0.3, 0.4) is 0 Å². The van der Waals surface area contributed by atoms with E-state index in [9.17, 15) is 14.4 Å². The predicted molar refractivity (Wildman–Crippen MR) is 363 cm³/mol. The average molecular weight is 1170 g/mol. The molecule has 0 aliphatic carbocycles. The fourth-order valence-corrected chi connectivity index (χ4v) is 11.7. The minimum Gasteiger partial charge on any atom is -0.462 e. The van der Waals surface area contributed by atoms with Crippen molar-refractivity contribution in [3.63, 3.8) is 0 Å². The van der Waals surface area contributed by atoms with Gasteiger partial charge >= 0.3 is 17.9 Å². The molecule has 0 amide bonds. The summed E-state index contributed by atoms with van der Waals surface area (Å²) in [5, 5.41) is 0. The van der Waals surface area contributed by atoms with Gasteiger partial charge in [0.15, 0.2) is 6.10 Å². The van der Waals surface area contributed by atoms with Gasteiger partial charge in [0.2, 0.25) is 0 Å². The molecule has 0 heterocycles. The summed E-state index contributed by atoms with van der Waals surface area (Å²) in [5.74, 6) is -0.845. The third-order valence-electron chi connectivity index (χ3n) is 17.4. The van der Waals surface area contributed by atoms with Gasteiger partial charge in [-0.15, -0.1) is 0 Å². The Balaban J connectivity index is 4.15. The van der Waals surface area contributed by atoms with Crippen molar-refractivity contribution in [1.29, 1.82) is 0 Å². The molecule has 1 atom stereocenters. The second-order valence-corrected chi connectivity index (χ2v) is 25.9. The first-order valence-electron chi connectivity index (χ1n) is 37.8. The van der Waals surface area contributed by atoms with Gasteiger partial charge in [-0.25, -0.2) is 0 Å². The summed E-state index contributed by atoms with van der Waals surface area (Å²) in [4.78, 5) is 38.5. The molecule has 6 nitrogen and oxygen atoms in total. The first-order chi connectivity index (χ1) is 41.0. The number of hydrogen-bond acceptors (Lipinski definition) is 6. The van der Waals surface area contributed by atoms with Crippen molar-refractivity contribution >= 4 is 17.9 Å². The maximum atomic E-state index is 13.0. The molecule has 0 fully saturated rings. The quantitative estimate of drug-likeness (QED) is 0.0261. The number of esters is 3. The molecule has 0 radical (unpaired) electrons. The van der Waals surface area contributed by atoms with Crippen molar-refractivity contribution in [2.24, 2.45) is 0 Å². The van der Waals surface area contributed by atoms with Crippen molar-refractivity contribution in [2.75, 3.05) is 13.2 Å². The van der Waals surface area contributed by atoms with Crippen LogP contribution in [-0.4, -0.2) is 37.2 Å². The molecule has 0 saturated heterocycles. The van der Waals surface area contributed by atoms with E-state index in [1.54, 1.807) is 0 Å². The Hall–Kier alpha value is -2.11. The highest BCUT2D eigenvalue weighted by Gasteiger charge is 2.20. The Morgan fingerprint density at radius 2 is 0.398 bits per heavy atom. The van der Waals surface area contributed by atoms with Crippen LogP contribution in [0, 0.1) is 0 Å². The zero-order valence-electron chi connectivity index (χ0n) is 56.5. The molecule has 1 unspecified atom stereocenters. The third-order valence-corrected chi connectivity index (χ3v) is 17.4. The Labute approximate surface area is 519 Å². The maximum Gasteiger partial charge on any atom is 0.306 e. The van der Waals surface area contributed by atoms with Gasteiger partial charge in [0.1, 0.15) is 13.2 Å². The number of ether oxygens (including phenoxy) is 3. The number of rotatable bonds is 71. The molecule has 6 heteroatoms. The second kappa shape index (κ2) is 72.4. The monoisotopic (exact) mass is 1170 g/mol. The van der Waals surface area contributed by atoms with Crippen LogP contribution in [0.4, 0.5) is 0 Å². The molecule has 0 aromatic heterocycles. The lowest BCUT2D eigenvalue weighted by atomic mass is 10.0. The highest BCUT2D eigenvalue weighted by atomic mass is 16.6. The van der Waals surface area contributed by atoms with Gasteiger partial charge in [0.25, 0.3) is 0 Å². The number of carbonyl (C=O) groups excluding carboxylic acids is 3. The van der Waals surface area contributed by atoms with Crippen LogP contribution in [0.2, 0.25) is 0 Å². The van der Waals surface area contributed by atoms with Crippen molar-refractivity contribution < 1.29 is 28.6 Å². The standard InChI is InChI=1S/C77H146O6/c1-4-7-10-13-16-19-22-25-27-29-31-33-35-37-38-39-41-42-44-46-48-50-52-55-58-61-64-67-70-76(79)82-73-74(72-81-75(78)69-66-63-60-57-54-24-21-18-15-12-9-6-3)83-77(80)71-68-65-62-59-56-53-51-49-47-45-43-40-36-34-32-30-28-26-23-20-17-14-11-8-5-2/h18,21,30,32,74H,4-17,19-20,22-29,31,33-73H2,1-3H3/b21-18-,32-30-. The van der Waals surface area contributed by atoms with Crippen LogP contribution in [-0.2, 0) is 28.6 Å². The fraction of sp³-hybridized carbons (Fsp3) is 0.909. The smallest absolute Gasteiger partial charge is 0.306 e. The van der Waals surface area contributed by atoms with Gasteiger partial charge in [-0.3, -0.25) is 14.4 Å². The van der Waals surface area contributed by atoms with E-state index >= 15 is 0 Å². The molecular formula is C77H146O6. The number of hydrogen-bond donors (Lipinski definition) is 0. The van der Waals surface area contributed by atoms with Crippen LogP contribution in [0.5, 0.6) is 0 Å². The lowest BCUT2D eigenvalue weighted by Crippen LogP contribution is -2.30. The van der Waals surface area contributed by atoms with Crippen molar-refractivity contribution in [1.82, 2.24) is 0 Å². The molecule has 0 aliphatic heterocycles. The summed E-state index contributed by atoms with van der Waals surface area (Å²) in [7, 11) is 0. The van der Waals surface area contributed by atoms with E-state index in [-0.39, 0.29) is 31.1 Å². The normalized spacial score (nSPS) is 12.1. The maximum absolute atomic E-state index is 13.0. The van der Waals surface area contributed by atoms with E-state index in [2.05, 4.69) is 45.1 Å². The lowest BCUT2D eigenvalue weighted by Gasteiger charge is -2.18. The molecule has 0 aromatic carbocycles. The highest BCUT2D eigenvalue weighted by Crippen LogP contribution is 2.19. The largest absolute Gasteiger partial charge is 0.462 e. The van der Waals surface area contributed by atoms with Crippen LogP contribution < -0.4 is 0 Å². The number of allylic oxidation sites excluding steroid dienone is 4. The Kier molecular flexibility index (Phi) is 70.5. The summed E-state index contributed by atoms with van der Waals surface area (Å²) in [6.07, 6.45) is 89.5. The molecule has 0 aromatic rings. The number of unbranched alkanes of at least 4 members (excludes halogenated alkanes) is 56. The summed E-state index contributed by atoms with van der Waals surface area (Å²) in [5.41, 5.74) is 0. The summed E-state index contributed by atoms with van der Waals surface area (Å²) >= 11 is 0. The van der Waals surface area contributed by atoms with E-state index in [4.69, 9.17) is 14.2 Å². The zero-order chi connectivity index (χ0) is 59.9. The molecule has 0 saturated carbocycles. The molecular weight excluding hydrogens is 1020 g/mol. The van der Waals surface area contributed by atoms with Gasteiger partial charge in [0.05, 0.1) is 0 Å². The van der Waals surface area contributed by atoms with Gasteiger partial charge in [-0.2, -0.15) is 0 Å². The Morgan fingerprint density at radius 3 is 0.627 bits per heavy atom. The topological polar surface area (TPSA) is 78.9 Å². The Morgan fingerprint density at radius 1 is 0.229 bits per heavy atom. The molecule has 0 aliphatic rings. The van der Waals surface area contributed by atoms with Crippen molar-refractivity contribution in [3.05, 3.63) is 24.3 Å². The second-order valence-electron chi connectivity index (χ2n) is 25.9. The third kappa shape index (κ3) is 70.5. The molecule has 490 valence electrons. The van der Waals surface area contributed by atoms with Gasteiger partial charge < -0.3 is 14.2 Å². The summed E-state index contributed by atoms with van der Waals surface area (Å²) < 4.78 is 17.0. The van der Waals surface area contributed by atoms with E-state index in [0.717, 1.165) is 64.2 Å². The van der Waals surface area contributed by atoms with Gasteiger partial charge in [-0.1, -0.05) is 366 Å². The SMILES string of the molecule is CCCCC/C=C\CCCCCCCC(=O)OCC(COC(=O)CCCCCCCCCCCCCCCCCCCCCCCCCCCCCC)OC(=O)CCCCCCCCCCCCCCC/C=C\CCCCCCCCCC. The Bertz CT molecular complexity index is 1340. The van der Waals surface area contributed by atoms with Crippen LogP contribution in [0.15, 0.2) is 24.3 Å². The van der Waals surface area contributed by atoms with Gasteiger partial charge in [0, 0.05) is 19.3 Å². The van der Waals surface area contributed by atoms with Crippen molar-refractivity contribution in [3.8, 4) is 0 Å². The summed E-state index contributed by atoms with van der Waals surface area (Å²) in [6, 6.07) is 0. The van der Waals surface area contributed by atoms with E-state index < -0.39 is 6.10 Å². The molecule has 0 bridgehead atoms. The highest BCUT2D eigenvalue weighted by molar-refractivity contribution is 5.71. The minimum atomic E-state index is -0.773. The molecule has 83 heavy (non-hydrogen) atoms. The predicted octanol–water partition coefficient (Wildman–Crippen LogP) is 26.1.